The van der Waals surface area contributed by atoms with Crippen LogP contribution in [0.15, 0.2) is 46.9 Å². The zero-order valence-corrected chi connectivity index (χ0v) is 15.6. The number of hydrogen-bond donors (Lipinski definition) is 2. The number of fused-ring (bicyclic) bond motifs is 2. The number of ether oxygens (including phenoxy) is 1. The van der Waals surface area contributed by atoms with E-state index in [0.717, 1.165) is 29.3 Å². The van der Waals surface area contributed by atoms with Gasteiger partial charge in [0.25, 0.3) is 0 Å². The van der Waals surface area contributed by atoms with Crippen molar-refractivity contribution >= 4 is 11.8 Å². The molecule has 2 bridgehead atoms. The van der Waals surface area contributed by atoms with Crippen molar-refractivity contribution in [2.75, 3.05) is 7.11 Å². The molecule has 0 saturated heterocycles. The van der Waals surface area contributed by atoms with E-state index in [1.165, 1.54) is 49.1 Å². The van der Waals surface area contributed by atoms with E-state index in [9.17, 15) is 0 Å². The van der Waals surface area contributed by atoms with Crippen molar-refractivity contribution in [3.63, 3.8) is 0 Å². The Morgan fingerprint density at radius 3 is 2.92 bits per heavy atom. The molecule has 1 aliphatic carbocycles. The van der Waals surface area contributed by atoms with Gasteiger partial charge in [-0.15, -0.1) is 0 Å². The van der Waals surface area contributed by atoms with Gasteiger partial charge in [0.2, 0.25) is 0 Å². The Morgan fingerprint density at radius 2 is 2.12 bits per heavy atom. The Balaban J connectivity index is 1.71. The summed E-state index contributed by atoms with van der Waals surface area (Å²) in [5.41, 5.74) is 6.74. The largest absolute Gasteiger partial charge is 0.494 e. The lowest BCUT2D eigenvalue weighted by Gasteiger charge is -2.12. The molecule has 0 saturated carbocycles. The van der Waals surface area contributed by atoms with Gasteiger partial charge >= 0.3 is 0 Å². The highest BCUT2D eigenvalue weighted by Crippen LogP contribution is 2.32. The summed E-state index contributed by atoms with van der Waals surface area (Å²) in [7, 11) is 1.71. The Morgan fingerprint density at radius 1 is 1.23 bits per heavy atom. The van der Waals surface area contributed by atoms with Crippen molar-refractivity contribution in [3.05, 3.63) is 64.6 Å². The number of nitrogens with one attached hydrogen (secondary N) is 2. The van der Waals surface area contributed by atoms with E-state index >= 15 is 0 Å². The fraction of sp³-hybridized carbons (Fsp3) is 0.409. The van der Waals surface area contributed by atoms with Gasteiger partial charge in [0.1, 0.15) is 11.5 Å². The third kappa shape index (κ3) is 3.41. The molecule has 4 rings (SSSR count). The molecule has 0 fully saturated rings. The van der Waals surface area contributed by atoms with Gasteiger partial charge in [-0.3, -0.25) is 0 Å². The number of H-pyrrole nitrogens is 2. The lowest BCUT2D eigenvalue weighted by atomic mass is 9.93. The van der Waals surface area contributed by atoms with Crippen LogP contribution in [0.4, 0.5) is 0 Å². The van der Waals surface area contributed by atoms with Crippen LogP contribution in [0, 0.1) is 0 Å². The number of nitrogens with zero attached hydrogens (tertiary/aromatic N) is 1. The molecule has 0 amide bonds. The van der Waals surface area contributed by atoms with Crippen LogP contribution in [0.1, 0.15) is 67.6 Å². The van der Waals surface area contributed by atoms with Crippen LogP contribution < -0.4 is 0 Å². The zero-order chi connectivity index (χ0) is 17.9. The normalized spacial score (nSPS) is 22.2. The molecular weight excluding hydrogens is 322 g/mol. The van der Waals surface area contributed by atoms with Gasteiger partial charge in [-0.2, -0.15) is 0 Å². The minimum Gasteiger partial charge on any atom is -0.494 e. The molecule has 2 N–H and O–H groups in total. The Labute approximate surface area is 155 Å². The van der Waals surface area contributed by atoms with E-state index in [1.54, 1.807) is 7.11 Å². The highest BCUT2D eigenvalue weighted by Gasteiger charge is 2.20. The lowest BCUT2D eigenvalue weighted by Crippen LogP contribution is -1.96. The number of aliphatic imine (C=N–C) groups is 1. The molecule has 4 heteroatoms. The third-order valence-corrected chi connectivity index (χ3v) is 5.44. The summed E-state index contributed by atoms with van der Waals surface area (Å²) in [6.07, 6.45) is 13.7. The second kappa shape index (κ2) is 7.40. The SMILES string of the molecule is COC1=CC(c2ccc[nH]2)=N/C1=C/c1[nH]c2cc1[C@H](C)CCCCCC2. The fourth-order valence-corrected chi connectivity index (χ4v) is 3.93. The zero-order valence-electron chi connectivity index (χ0n) is 15.6. The number of rotatable bonds is 3. The summed E-state index contributed by atoms with van der Waals surface area (Å²) >= 11 is 0. The van der Waals surface area contributed by atoms with E-state index in [4.69, 9.17) is 9.73 Å². The number of aromatic nitrogens is 2. The molecule has 0 aromatic carbocycles. The highest BCUT2D eigenvalue weighted by molar-refractivity contribution is 6.11. The van der Waals surface area contributed by atoms with Crippen molar-refractivity contribution in [1.82, 2.24) is 9.97 Å². The van der Waals surface area contributed by atoms with Gasteiger partial charge in [0.05, 0.1) is 18.5 Å². The summed E-state index contributed by atoms with van der Waals surface area (Å²) in [5, 5.41) is 0. The van der Waals surface area contributed by atoms with Gasteiger partial charge in [-0.25, -0.2) is 4.99 Å². The minimum absolute atomic E-state index is 0.563. The smallest absolute Gasteiger partial charge is 0.146 e. The number of allylic oxidation sites excluding steroid dienone is 1. The summed E-state index contributed by atoms with van der Waals surface area (Å²) in [6.45, 7) is 2.34. The third-order valence-electron chi connectivity index (χ3n) is 5.44. The molecule has 2 aromatic heterocycles. The summed E-state index contributed by atoms with van der Waals surface area (Å²) < 4.78 is 5.59. The van der Waals surface area contributed by atoms with Crippen molar-refractivity contribution in [1.29, 1.82) is 0 Å². The van der Waals surface area contributed by atoms with Crippen molar-refractivity contribution in [3.8, 4) is 0 Å². The maximum atomic E-state index is 5.59. The molecule has 1 aliphatic heterocycles. The van der Waals surface area contributed by atoms with Crippen LogP contribution in [0.3, 0.4) is 0 Å². The first-order valence-electron chi connectivity index (χ1n) is 9.66. The second-order valence-electron chi connectivity index (χ2n) is 7.34. The van der Waals surface area contributed by atoms with Crippen LogP contribution in [0.25, 0.3) is 6.08 Å². The van der Waals surface area contributed by atoms with E-state index in [0.29, 0.717) is 5.92 Å². The topological polar surface area (TPSA) is 53.2 Å². The van der Waals surface area contributed by atoms with Crippen molar-refractivity contribution < 1.29 is 4.74 Å². The van der Waals surface area contributed by atoms with Gasteiger partial charge in [0.15, 0.2) is 0 Å². The van der Waals surface area contributed by atoms with Crippen molar-refractivity contribution in [2.24, 2.45) is 4.99 Å². The maximum absolute atomic E-state index is 5.59. The molecule has 0 unspecified atom stereocenters. The summed E-state index contributed by atoms with van der Waals surface area (Å²) in [4.78, 5) is 11.7. The average molecular weight is 349 g/mol. The van der Waals surface area contributed by atoms with Crippen LogP contribution in [-0.4, -0.2) is 22.8 Å². The van der Waals surface area contributed by atoms with Gasteiger partial charge in [0, 0.05) is 23.7 Å². The van der Waals surface area contributed by atoms with E-state index in [1.807, 2.05) is 24.4 Å². The predicted octanol–water partition coefficient (Wildman–Crippen LogP) is 5.33. The average Bonchev–Trinajstić information content (AvgIpc) is 3.37. The first kappa shape index (κ1) is 17.0. The van der Waals surface area contributed by atoms with Gasteiger partial charge in [-0.05, 0) is 55.0 Å². The Hall–Kier alpha value is -2.49. The molecule has 0 radical (unpaired) electrons. The summed E-state index contributed by atoms with van der Waals surface area (Å²) in [5.74, 6) is 1.38. The van der Waals surface area contributed by atoms with Gasteiger partial charge in [-0.1, -0.05) is 26.2 Å². The van der Waals surface area contributed by atoms with E-state index in [2.05, 4.69) is 29.0 Å². The Kier molecular flexibility index (Phi) is 4.83. The van der Waals surface area contributed by atoms with Crippen molar-refractivity contribution in [2.45, 2.75) is 51.4 Å². The number of hydrogen-bond acceptors (Lipinski definition) is 2. The molecule has 26 heavy (non-hydrogen) atoms. The quantitative estimate of drug-likeness (QED) is 0.773. The van der Waals surface area contributed by atoms with Crippen LogP contribution in [-0.2, 0) is 11.2 Å². The molecule has 136 valence electrons. The molecule has 3 heterocycles. The molecule has 4 nitrogen and oxygen atoms in total. The lowest BCUT2D eigenvalue weighted by molar-refractivity contribution is 0.303. The second-order valence-corrected chi connectivity index (χ2v) is 7.34. The first-order chi connectivity index (χ1) is 12.7. The maximum Gasteiger partial charge on any atom is 0.146 e. The molecule has 2 aliphatic rings. The predicted molar refractivity (Wildman–Crippen MR) is 106 cm³/mol. The molecule has 0 spiro atoms. The number of aryl methyl sites for hydroxylation is 1. The number of methoxy groups -OCH3 is 1. The number of aromatic amines is 2. The molecule has 1 atom stereocenters. The minimum atomic E-state index is 0.563. The molecular formula is C22H27N3O. The standard InChI is InChI=1S/C22H27N3O/c1-15-8-5-3-4-6-9-16-12-17(15)19(24-16)13-21-22(26-2)14-20(25-21)18-10-7-11-23-18/h7,10-15,23-24H,3-6,8-9H2,1-2H3/b21-13+/t15-/m1/s1. The highest BCUT2D eigenvalue weighted by atomic mass is 16.5. The first-order valence-corrected chi connectivity index (χ1v) is 9.66. The fourth-order valence-electron chi connectivity index (χ4n) is 3.93. The van der Waals surface area contributed by atoms with E-state index in [-0.39, 0.29) is 0 Å². The summed E-state index contributed by atoms with van der Waals surface area (Å²) in [6, 6.07) is 6.38. The van der Waals surface area contributed by atoms with Crippen LogP contribution in [0.2, 0.25) is 0 Å². The van der Waals surface area contributed by atoms with Crippen LogP contribution >= 0.6 is 0 Å². The van der Waals surface area contributed by atoms with Gasteiger partial charge < -0.3 is 14.7 Å². The van der Waals surface area contributed by atoms with E-state index < -0.39 is 0 Å². The van der Waals surface area contributed by atoms with Crippen LogP contribution in [0.5, 0.6) is 0 Å². The Bertz CT molecular complexity index is 852. The molecule has 2 aromatic rings. The monoisotopic (exact) mass is 349 g/mol.